The summed E-state index contributed by atoms with van der Waals surface area (Å²) in [4.78, 5) is 210. The number of hydrogen-bond acceptors (Lipinski definition) is 18. The first kappa shape index (κ1) is 78.0. The maximum absolute atomic E-state index is 14.4. The maximum atomic E-state index is 14.4. The van der Waals surface area contributed by atoms with Crippen LogP contribution in [-0.2, 0) is 91.2 Å². The Balaban J connectivity index is 1.03. The number of H-pyrrole nitrogens is 2. The van der Waals surface area contributed by atoms with Gasteiger partial charge in [0.1, 0.15) is 66.5 Å². The normalized spacial score (nSPS) is 17.4. The molecule has 2 fully saturated rings. The molecule has 2 aliphatic rings. The van der Waals surface area contributed by atoms with E-state index in [1.807, 2.05) is 0 Å². The highest BCUT2D eigenvalue weighted by molar-refractivity contribution is 6.02. The number of carboxylic acid groups (broad SMARTS) is 2. The number of carbonyl (C=O) groups excluding carboxylic acids is 13. The Hall–Kier alpha value is -11.4. The van der Waals surface area contributed by atoms with Gasteiger partial charge in [0.25, 0.3) is 5.91 Å². The molecule has 36 heteroatoms. The van der Waals surface area contributed by atoms with Gasteiger partial charge in [-0.25, -0.2) is 4.79 Å². The molecular formula is C66H85N16O20+. The number of aromatic amines is 2. The van der Waals surface area contributed by atoms with Crippen molar-refractivity contribution in [3.05, 3.63) is 108 Å². The molecule has 2 aromatic heterocycles. The second-order valence-corrected chi connectivity index (χ2v) is 24.9. The number of nitrogens with zero attached hydrogens (tertiary/aromatic N) is 1. The number of amides is 13. The Bertz CT molecular complexity index is 3910. The second kappa shape index (κ2) is 36.6. The summed E-state index contributed by atoms with van der Waals surface area (Å²) in [5.41, 5.74) is 13.5. The van der Waals surface area contributed by atoms with Crippen LogP contribution in [0.4, 0.5) is 0 Å². The lowest BCUT2D eigenvalue weighted by atomic mass is 10.0. The third kappa shape index (κ3) is 21.6. The largest absolute Gasteiger partial charge is 0.481 e. The molecule has 13 amide bonds. The molecule has 0 bridgehead atoms. The molecule has 2 saturated heterocycles. The standard InChI is InChI=1S/C66H84N16O20/c1-32(72-57(92)43(23-35-28-70-39-16-8-6-14-37(35)39)75-59(94)45(26-52(68)87)77-60(95)44(25-51(67)86)76-56(91)41-18-10-20-69-41)55(90)73-46(27-53(88)89)61(96)74-42(22-34-12-4-3-5-13-34)58(93)79-48(30-83)62(97)80-49(31-84)63(98)81-54(33(2)85)64(99)78-47(65(100)82-21-11-19-50(82)66(101)102)24-36-29-71-40-17-9-7-15-38(36)40/h3-9,12-17,28-29,32-33,41-50,54,69-71,83-85H,10-11,18-27,30-31H2,1-2H3,(H2,67,86)(H2,68,87)(H,72,92)(H,73,90)(H,74,96)(H,75,94)(H,76,91)(H,77,95)(H,78,99)(H,79,93)(H,80,97)(H,81,98)(H,88,89)(H,101,102)/p+1/t32-,33+,41-,42-,43-,44-,45-,46-,47-,48-,49-,50-,54-/m0/s1. The van der Waals surface area contributed by atoms with Gasteiger partial charge in [0.05, 0.1) is 45.1 Å². The molecule has 2 aliphatic heterocycles. The smallest absolute Gasteiger partial charge is 0.326 e. The average Bonchev–Trinajstić information content (AvgIpc) is 1.61. The molecule has 0 spiro atoms. The molecule has 102 heavy (non-hydrogen) atoms. The minimum Gasteiger partial charge on any atom is -0.481 e. The van der Waals surface area contributed by atoms with Crippen LogP contribution in [0.3, 0.4) is 0 Å². The average molecular weight is 1420 g/mol. The molecule has 23 N–H and O–H groups in total. The van der Waals surface area contributed by atoms with Gasteiger partial charge in [-0.15, -0.1) is 0 Å². The first-order valence-electron chi connectivity index (χ1n) is 32.8. The number of benzene rings is 3. The maximum Gasteiger partial charge on any atom is 0.326 e. The Morgan fingerprint density at radius 3 is 1.45 bits per heavy atom. The fraction of sp³-hybridized carbons (Fsp3) is 0.439. The van der Waals surface area contributed by atoms with Crippen molar-refractivity contribution >= 4 is 111 Å². The number of hydrogen-bond donors (Lipinski definition) is 20. The highest BCUT2D eigenvalue weighted by Crippen LogP contribution is 2.24. The van der Waals surface area contributed by atoms with Gasteiger partial charge in [-0.2, -0.15) is 0 Å². The van der Waals surface area contributed by atoms with Crippen LogP contribution < -0.4 is 70.0 Å². The number of quaternary nitrogens is 1. The number of carbonyl (C=O) groups is 15. The molecule has 3 aromatic carbocycles. The van der Waals surface area contributed by atoms with Gasteiger partial charge < -0.3 is 110 Å². The van der Waals surface area contributed by atoms with Crippen molar-refractivity contribution in [2.45, 2.75) is 157 Å². The Kier molecular flexibility index (Phi) is 28.0. The van der Waals surface area contributed by atoms with Crippen molar-refractivity contribution in [3.63, 3.8) is 0 Å². The van der Waals surface area contributed by atoms with E-state index in [-0.39, 0.29) is 25.8 Å². The van der Waals surface area contributed by atoms with Crippen LogP contribution in [0.5, 0.6) is 0 Å². The van der Waals surface area contributed by atoms with Crippen LogP contribution in [0.2, 0.25) is 0 Å². The van der Waals surface area contributed by atoms with E-state index < -0.39 is 206 Å². The van der Waals surface area contributed by atoms with E-state index in [1.165, 1.54) is 18.3 Å². The number of primary amides is 2. The summed E-state index contributed by atoms with van der Waals surface area (Å²) in [6.45, 7) is 0.524. The lowest BCUT2D eigenvalue weighted by Crippen LogP contribution is -2.89. The fourth-order valence-electron chi connectivity index (χ4n) is 11.8. The van der Waals surface area contributed by atoms with E-state index in [4.69, 9.17) is 11.5 Å². The molecule has 5 aromatic rings. The number of aliphatic carboxylic acids is 2. The predicted octanol–water partition coefficient (Wildman–Crippen LogP) is -7.06. The van der Waals surface area contributed by atoms with Gasteiger partial charge in [-0.3, -0.25) is 67.1 Å². The van der Waals surface area contributed by atoms with Crippen LogP contribution >= 0.6 is 0 Å². The zero-order chi connectivity index (χ0) is 74.5. The number of aliphatic hydroxyl groups excluding tert-OH is 3. The van der Waals surface area contributed by atoms with Crippen molar-refractivity contribution in [2.24, 2.45) is 11.5 Å². The zero-order valence-electron chi connectivity index (χ0n) is 55.6. The van der Waals surface area contributed by atoms with Gasteiger partial charge in [0.15, 0.2) is 6.04 Å². The number of nitrogens with two attached hydrogens (primary N) is 3. The van der Waals surface area contributed by atoms with Gasteiger partial charge in [-0.05, 0) is 55.5 Å². The predicted molar refractivity (Wildman–Crippen MR) is 357 cm³/mol. The highest BCUT2D eigenvalue weighted by atomic mass is 16.4. The molecule has 36 nitrogen and oxygen atoms in total. The van der Waals surface area contributed by atoms with E-state index in [9.17, 15) is 97.5 Å². The monoisotopic (exact) mass is 1420 g/mol. The number of likely N-dealkylation sites (tertiary alicyclic amines) is 1. The summed E-state index contributed by atoms with van der Waals surface area (Å²) < 4.78 is 0. The number of fused-ring (bicyclic) bond motifs is 2. The number of nitrogens with one attached hydrogen (secondary N) is 12. The lowest BCUT2D eigenvalue weighted by molar-refractivity contribution is -0.657. The van der Waals surface area contributed by atoms with E-state index in [0.29, 0.717) is 64.3 Å². The molecule has 13 atom stereocenters. The molecule has 0 radical (unpaired) electrons. The third-order valence-corrected chi connectivity index (χ3v) is 17.2. The topological polar surface area (TPSA) is 581 Å². The molecular weight excluding hydrogens is 1340 g/mol. The fourth-order valence-corrected chi connectivity index (χ4v) is 11.8. The number of carboxylic acids is 2. The zero-order valence-corrected chi connectivity index (χ0v) is 55.6. The Morgan fingerprint density at radius 2 is 0.941 bits per heavy atom. The second-order valence-electron chi connectivity index (χ2n) is 24.9. The molecule has 7 rings (SSSR count). The van der Waals surface area contributed by atoms with Crippen molar-refractivity contribution < 1.29 is 103 Å². The van der Waals surface area contributed by atoms with E-state index in [1.54, 1.807) is 78.2 Å². The summed E-state index contributed by atoms with van der Waals surface area (Å²) in [7, 11) is 0. The van der Waals surface area contributed by atoms with Gasteiger partial charge >= 0.3 is 11.9 Å². The summed E-state index contributed by atoms with van der Waals surface area (Å²) in [5, 5.41) is 77.9. The molecule has 4 heterocycles. The van der Waals surface area contributed by atoms with Crippen LogP contribution in [0.15, 0.2) is 91.3 Å². The van der Waals surface area contributed by atoms with Crippen molar-refractivity contribution in [1.82, 2.24) is 68.0 Å². The Labute approximate surface area is 581 Å². The van der Waals surface area contributed by atoms with E-state index >= 15 is 0 Å². The minimum absolute atomic E-state index is 0.0530. The number of aliphatic hydroxyl groups is 3. The van der Waals surface area contributed by atoms with Gasteiger partial charge in [0, 0.05) is 72.8 Å². The minimum atomic E-state index is -2.03. The molecule has 548 valence electrons. The summed E-state index contributed by atoms with van der Waals surface area (Å²) >= 11 is 0. The molecule has 0 aliphatic carbocycles. The number of para-hydroxylation sites is 2. The summed E-state index contributed by atoms with van der Waals surface area (Å²) in [6, 6.07) is 1.97. The van der Waals surface area contributed by atoms with Crippen LogP contribution in [-0.4, -0.2) is 234 Å². The van der Waals surface area contributed by atoms with Gasteiger partial charge in [-0.1, -0.05) is 66.7 Å². The van der Waals surface area contributed by atoms with E-state index in [2.05, 4.69) is 63.1 Å². The highest BCUT2D eigenvalue weighted by Gasteiger charge is 2.42. The van der Waals surface area contributed by atoms with Crippen molar-refractivity contribution in [2.75, 3.05) is 26.3 Å². The number of rotatable bonds is 37. The van der Waals surface area contributed by atoms with E-state index in [0.717, 1.165) is 18.7 Å². The summed E-state index contributed by atoms with van der Waals surface area (Å²) in [6.07, 6.45) is -0.563. The third-order valence-electron chi connectivity index (χ3n) is 17.2. The van der Waals surface area contributed by atoms with Crippen LogP contribution in [0.1, 0.15) is 75.5 Å². The lowest BCUT2D eigenvalue weighted by Gasteiger charge is -2.30. The summed E-state index contributed by atoms with van der Waals surface area (Å²) in [5.74, 6) is -17.2. The first-order chi connectivity index (χ1) is 48.5. The van der Waals surface area contributed by atoms with Crippen LogP contribution in [0, 0.1) is 0 Å². The molecule has 0 unspecified atom stereocenters. The van der Waals surface area contributed by atoms with Crippen molar-refractivity contribution in [1.29, 1.82) is 0 Å². The van der Waals surface area contributed by atoms with Crippen molar-refractivity contribution in [3.8, 4) is 0 Å². The van der Waals surface area contributed by atoms with Crippen LogP contribution in [0.25, 0.3) is 21.8 Å². The Morgan fingerprint density at radius 1 is 0.500 bits per heavy atom. The quantitative estimate of drug-likeness (QED) is 0.0176. The van der Waals surface area contributed by atoms with Gasteiger partial charge in [0.2, 0.25) is 70.9 Å². The number of aromatic nitrogens is 2. The molecule has 0 saturated carbocycles. The SMILES string of the molecule is C[C@H](NC(=O)[C@H](Cc1c[nH]c2ccccc12)NC(=O)[C@H](CC(N)=O)NC(=O)[C@H](CC(N)=O)NC(=O)[C@@H]1CCC[NH2+]1)C(=O)N[C@@H](CC(=O)O)C(=O)N[C@@H](Cc1ccccc1)C(=O)N[C@@H](CO)C(=O)N[C@@H](CO)C(=O)N[C@H](C(=O)N[C@@H](Cc1c[nH]c2ccccc12)C(=O)N1CCC[C@H]1C(=O)O)[C@@H](C)O. The first-order valence-corrected chi connectivity index (χ1v) is 32.8.